The molecule has 0 aliphatic carbocycles. The van der Waals surface area contributed by atoms with Crippen LogP contribution in [0.15, 0.2) is 18.2 Å². The van der Waals surface area contributed by atoms with Crippen molar-refractivity contribution >= 4 is 17.6 Å². The fourth-order valence-electron chi connectivity index (χ4n) is 1.41. The van der Waals surface area contributed by atoms with Gasteiger partial charge in [-0.05, 0) is 25.0 Å². The molecular formula is C13H17ClO4. The Balaban J connectivity index is 2.79. The molecule has 0 saturated carbocycles. The molecule has 0 amide bonds. The summed E-state index contributed by atoms with van der Waals surface area (Å²) < 4.78 is 15.4. The highest BCUT2D eigenvalue weighted by molar-refractivity contribution is 6.17. The lowest BCUT2D eigenvalue weighted by molar-refractivity contribution is 0.0596. The van der Waals surface area contributed by atoms with Gasteiger partial charge in [0.1, 0.15) is 17.1 Å². The zero-order valence-electron chi connectivity index (χ0n) is 10.6. The van der Waals surface area contributed by atoms with Crippen LogP contribution in [-0.2, 0) is 4.74 Å². The molecule has 0 aromatic heterocycles. The molecule has 1 rings (SSSR count). The van der Waals surface area contributed by atoms with Crippen LogP contribution in [0.5, 0.6) is 11.5 Å². The van der Waals surface area contributed by atoms with Gasteiger partial charge in [0, 0.05) is 11.9 Å². The Bertz CT molecular complexity index is 393. The molecule has 0 atom stereocenters. The maximum Gasteiger partial charge on any atom is 0.341 e. The smallest absolute Gasteiger partial charge is 0.341 e. The van der Waals surface area contributed by atoms with Crippen LogP contribution < -0.4 is 9.47 Å². The van der Waals surface area contributed by atoms with Gasteiger partial charge < -0.3 is 14.2 Å². The first-order valence-corrected chi connectivity index (χ1v) is 6.21. The molecule has 0 aliphatic heterocycles. The lowest BCUT2D eigenvalue weighted by Gasteiger charge is -2.11. The zero-order valence-corrected chi connectivity index (χ0v) is 11.3. The van der Waals surface area contributed by atoms with Crippen molar-refractivity contribution in [3.63, 3.8) is 0 Å². The Morgan fingerprint density at radius 2 is 2.06 bits per heavy atom. The van der Waals surface area contributed by atoms with Crippen LogP contribution in [0.2, 0.25) is 0 Å². The molecule has 0 spiro atoms. The minimum atomic E-state index is -0.426. The standard InChI is InChI=1S/C13H17ClO4/c1-16-10-5-6-11(13(15)17-2)12(9-10)18-8-4-3-7-14/h5-6,9H,3-4,7-8H2,1-2H3. The third kappa shape index (κ3) is 4.11. The Morgan fingerprint density at radius 3 is 2.67 bits per heavy atom. The van der Waals surface area contributed by atoms with Gasteiger partial charge in [0.05, 0.1) is 20.8 Å². The van der Waals surface area contributed by atoms with E-state index in [9.17, 15) is 4.79 Å². The number of unbranched alkanes of at least 4 members (excludes halogenated alkanes) is 1. The Morgan fingerprint density at radius 1 is 1.28 bits per heavy atom. The summed E-state index contributed by atoms with van der Waals surface area (Å²) in [5, 5.41) is 0. The van der Waals surface area contributed by atoms with Crippen molar-refractivity contribution in [2.75, 3.05) is 26.7 Å². The monoisotopic (exact) mass is 272 g/mol. The van der Waals surface area contributed by atoms with Crippen molar-refractivity contribution in [3.8, 4) is 11.5 Å². The van der Waals surface area contributed by atoms with Crippen molar-refractivity contribution in [1.82, 2.24) is 0 Å². The summed E-state index contributed by atoms with van der Waals surface area (Å²) >= 11 is 5.59. The predicted octanol–water partition coefficient (Wildman–Crippen LogP) is 2.88. The number of hydrogen-bond acceptors (Lipinski definition) is 4. The summed E-state index contributed by atoms with van der Waals surface area (Å²) in [5.41, 5.74) is 0.393. The Hall–Kier alpha value is -1.42. The highest BCUT2D eigenvalue weighted by Crippen LogP contribution is 2.25. The van der Waals surface area contributed by atoms with E-state index in [-0.39, 0.29) is 0 Å². The highest BCUT2D eigenvalue weighted by atomic mass is 35.5. The van der Waals surface area contributed by atoms with E-state index in [0.29, 0.717) is 29.5 Å². The van der Waals surface area contributed by atoms with Crippen LogP contribution in [0.1, 0.15) is 23.2 Å². The van der Waals surface area contributed by atoms with E-state index in [0.717, 1.165) is 12.8 Å². The summed E-state index contributed by atoms with van der Waals surface area (Å²) in [4.78, 5) is 11.6. The molecule has 0 heterocycles. The lowest BCUT2D eigenvalue weighted by atomic mass is 10.2. The van der Waals surface area contributed by atoms with Crippen LogP contribution in [-0.4, -0.2) is 32.7 Å². The number of esters is 1. The van der Waals surface area contributed by atoms with Crippen molar-refractivity contribution < 1.29 is 19.0 Å². The average Bonchev–Trinajstić information content (AvgIpc) is 2.42. The van der Waals surface area contributed by atoms with E-state index >= 15 is 0 Å². The third-order valence-electron chi connectivity index (χ3n) is 2.38. The van der Waals surface area contributed by atoms with Crippen molar-refractivity contribution in [3.05, 3.63) is 23.8 Å². The fourth-order valence-corrected chi connectivity index (χ4v) is 1.60. The van der Waals surface area contributed by atoms with E-state index < -0.39 is 5.97 Å². The minimum Gasteiger partial charge on any atom is -0.497 e. The van der Waals surface area contributed by atoms with Crippen LogP contribution in [0.3, 0.4) is 0 Å². The van der Waals surface area contributed by atoms with Crippen LogP contribution in [0.25, 0.3) is 0 Å². The van der Waals surface area contributed by atoms with Gasteiger partial charge in [-0.15, -0.1) is 11.6 Å². The summed E-state index contributed by atoms with van der Waals surface area (Å²) in [6.45, 7) is 0.504. The molecule has 0 fully saturated rings. The number of rotatable bonds is 7. The zero-order chi connectivity index (χ0) is 13.4. The number of halogens is 1. The van der Waals surface area contributed by atoms with E-state index in [2.05, 4.69) is 0 Å². The SMILES string of the molecule is COC(=O)c1ccc(OC)cc1OCCCCCl. The number of methoxy groups -OCH3 is 2. The number of carbonyl (C=O) groups is 1. The maximum absolute atomic E-state index is 11.6. The summed E-state index contributed by atoms with van der Waals surface area (Å²) in [7, 11) is 2.90. The Kier molecular flexibility index (Phi) is 6.36. The van der Waals surface area contributed by atoms with Crippen LogP contribution >= 0.6 is 11.6 Å². The fraction of sp³-hybridized carbons (Fsp3) is 0.462. The molecule has 0 aliphatic rings. The van der Waals surface area contributed by atoms with Gasteiger partial charge in [0.2, 0.25) is 0 Å². The number of alkyl halides is 1. The molecular weight excluding hydrogens is 256 g/mol. The van der Waals surface area contributed by atoms with E-state index in [1.807, 2.05) is 0 Å². The number of benzene rings is 1. The second-order valence-corrected chi connectivity index (χ2v) is 3.98. The van der Waals surface area contributed by atoms with Crippen molar-refractivity contribution in [2.45, 2.75) is 12.8 Å². The lowest BCUT2D eigenvalue weighted by Crippen LogP contribution is -2.07. The van der Waals surface area contributed by atoms with Crippen molar-refractivity contribution in [1.29, 1.82) is 0 Å². The molecule has 0 N–H and O–H groups in total. The predicted molar refractivity (Wildman–Crippen MR) is 69.8 cm³/mol. The molecule has 18 heavy (non-hydrogen) atoms. The summed E-state index contributed by atoms with van der Waals surface area (Å²) in [6.07, 6.45) is 1.71. The van der Waals surface area contributed by atoms with E-state index in [4.69, 9.17) is 25.8 Å². The molecule has 5 heteroatoms. The van der Waals surface area contributed by atoms with Gasteiger partial charge in [-0.2, -0.15) is 0 Å². The first-order valence-electron chi connectivity index (χ1n) is 5.68. The average molecular weight is 273 g/mol. The molecule has 1 aromatic rings. The third-order valence-corrected chi connectivity index (χ3v) is 2.65. The van der Waals surface area contributed by atoms with E-state index in [1.165, 1.54) is 7.11 Å². The topological polar surface area (TPSA) is 44.8 Å². The normalized spacial score (nSPS) is 9.94. The number of hydrogen-bond donors (Lipinski definition) is 0. The first-order chi connectivity index (χ1) is 8.72. The molecule has 1 aromatic carbocycles. The van der Waals surface area contributed by atoms with Crippen molar-refractivity contribution in [2.24, 2.45) is 0 Å². The first kappa shape index (κ1) is 14.6. The van der Waals surface area contributed by atoms with Gasteiger partial charge in [0.15, 0.2) is 0 Å². The second kappa shape index (κ2) is 7.82. The Labute approximate surface area is 112 Å². The highest BCUT2D eigenvalue weighted by Gasteiger charge is 2.14. The van der Waals surface area contributed by atoms with Gasteiger partial charge in [-0.3, -0.25) is 0 Å². The molecule has 4 nitrogen and oxygen atoms in total. The minimum absolute atomic E-state index is 0.393. The van der Waals surface area contributed by atoms with Gasteiger partial charge in [-0.1, -0.05) is 0 Å². The molecule has 0 unspecified atom stereocenters. The van der Waals surface area contributed by atoms with Crippen LogP contribution in [0, 0.1) is 0 Å². The quantitative estimate of drug-likeness (QED) is 0.435. The van der Waals surface area contributed by atoms with Crippen LogP contribution in [0.4, 0.5) is 0 Å². The summed E-state index contributed by atoms with van der Waals surface area (Å²) in [5.74, 6) is 1.28. The molecule has 0 saturated heterocycles. The molecule has 100 valence electrons. The molecule has 0 bridgehead atoms. The second-order valence-electron chi connectivity index (χ2n) is 3.60. The van der Waals surface area contributed by atoms with E-state index in [1.54, 1.807) is 25.3 Å². The van der Waals surface area contributed by atoms with Gasteiger partial charge in [-0.25, -0.2) is 4.79 Å². The largest absolute Gasteiger partial charge is 0.497 e. The summed E-state index contributed by atoms with van der Waals surface area (Å²) in [6, 6.07) is 4.99. The molecule has 0 radical (unpaired) electrons. The van der Waals surface area contributed by atoms with Gasteiger partial charge in [0.25, 0.3) is 0 Å². The number of carbonyl (C=O) groups excluding carboxylic acids is 1. The van der Waals surface area contributed by atoms with Gasteiger partial charge >= 0.3 is 5.97 Å². The maximum atomic E-state index is 11.6. The number of ether oxygens (including phenoxy) is 3.